The number of hydrogen-bond acceptors (Lipinski definition) is 2. The van der Waals surface area contributed by atoms with Gasteiger partial charge in [0.15, 0.2) is 0 Å². The number of furan rings is 1. The summed E-state index contributed by atoms with van der Waals surface area (Å²) in [6.45, 7) is 0.308. The van der Waals surface area contributed by atoms with Gasteiger partial charge in [-0.3, -0.25) is 4.79 Å². The minimum absolute atomic E-state index is 0.298. The van der Waals surface area contributed by atoms with Gasteiger partial charge in [-0.05, 0) is 42.5 Å². The van der Waals surface area contributed by atoms with Gasteiger partial charge in [-0.1, -0.05) is 40.2 Å². The number of rotatable bonds is 4. The van der Waals surface area contributed by atoms with Gasteiger partial charge in [0, 0.05) is 31.9 Å². The molecule has 5 rings (SSSR count). The molecule has 0 aliphatic rings. The molecule has 0 unspecified atom stereocenters. The van der Waals surface area contributed by atoms with Crippen molar-refractivity contribution in [3.8, 4) is 11.3 Å². The van der Waals surface area contributed by atoms with Gasteiger partial charge >= 0.3 is 0 Å². The number of benzene rings is 3. The molecule has 0 saturated carbocycles. The molecule has 0 aliphatic heterocycles. The van der Waals surface area contributed by atoms with E-state index in [1.807, 2.05) is 47.0 Å². The van der Waals surface area contributed by atoms with Gasteiger partial charge in [-0.15, -0.1) is 0 Å². The van der Waals surface area contributed by atoms with Crippen LogP contribution < -0.4 is 5.73 Å². The van der Waals surface area contributed by atoms with Crippen molar-refractivity contribution >= 4 is 43.6 Å². The highest BCUT2D eigenvalue weighted by atomic mass is 79.9. The molecule has 0 fully saturated rings. The van der Waals surface area contributed by atoms with Crippen LogP contribution in [0.1, 0.15) is 15.9 Å². The van der Waals surface area contributed by atoms with Crippen LogP contribution in [-0.4, -0.2) is 10.5 Å². The van der Waals surface area contributed by atoms with Crippen LogP contribution in [0.4, 0.5) is 4.39 Å². The number of fused-ring (bicyclic) bond motifs is 3. The average Bonchev–Trinajstić information content (AvgIpc) is 3.36. The van der Waals surface area contributed by atoms with Crippen LogP contribution in [0.15, 0.2) is 81.9 Å². The van der Waals surface area contributed by atoms with E-state index in [9.17, 15) is 9.18 Å². The predicted octanol–water partition coefficient (Wildman–Crippen LogP) is 6.10. The molecule has 148 valence electrons. The number of carbonyl (C=O) groups is 1. The van der Waals surface area contributed by atoms with E-state index in [-0.39, 0.29) is 5.82 Å². The predicted molar refractivity (Wildman–Crippen MR) is 119 cm³/mol. The molecule has 3 aromatic carbocycles. The lowest BCUT2D eigenvalue weighted by Crippen LogP contribution is -2.11. The Morgan fingerprint density at radius 3 is 2.63 bits per heavy atom. The zero-order chi connectivity index (χ0) is 20.8. The SMILES string of the molecule is NC(=O)c1cccc2c1c1ccc(-c3ccco3)cc1n2Cc1ccc(Br)cc1F. The number of nitrogens with zero attached hydrogens (tertiary/aromatic N) is 1. The van der Waals surface area contributed by atoms with Crippen LogP contribution in [-0.2, 0) is 6.54 Å². The number of amides is 1. The number of carbonyl (C=O) groups excluding carboxylic acids is 1. The van der Waals surface area contributed by atoms with Crippen molar-refractivity contribution < 1.29 is 13.6 Å². The Balaban J connectivity index is 1.82. The molecule has 0 atom stereocenters. The molecule has 2 heterocycles. The zero-order valence-corrected chi connectivity index (χ0v) is 17.3. The summed E-state index contributed by atoms with van der Waals surface area (Å²) in [5, 5.41) is 1.65. The number of primary amides is 1. The van der Waals surface area contributed by atoms with E-state index in [1.54, 1.807) is 24.5 Å². The number of nitrogens with two attached hydrogens (primary N) is 1. The summed E-state index contributed by atoms with van der Waals surface area (Å²) in [4.78, 5) is 12.1. The van der Waals surface area contributed by atoms with E-state index in [2.05, 4.69) is 15.9 Å². The van der Waals surface area contributed by atoms with Gasteiger partial charge < -0.3 is 14.7 Å². The highest BCUT2D eigenvalue weighted by Crippen LogP contribution is 2.35. The third kappa shape index (κ3) is 3.00. The first-order valence-electron chi connectivity index (χ1n) is 9.35. The summed E-state index contributed by atoms with van der Waals surface area (Å²) in [7, 11) is 0. The summed E-state index contributed by atoms with van der Waals surface area (Å²) in [6, 6.07) is 20.1. The fourth-order valence-corrected chi connectivity index (χ4v) is 4.27. The molecule has 0 spiro atoms. The Bertz CT molecular complexity index is 1420. The summed E-state index contributed by atoms with van der Waals surface area (Å²) in [5.41, 5.74) is 9.23. The third-order valence-electron chi connectivity index (χ3n) is 5.31. The highest BCUT2D eigenvalue weighted by molar-refractivity contribution is 9.10. The smallest absolute Gasteiger partial charge is 0.249 e. The van der Waals surface area contributed by atoms with Crippen molar-refractivity contribution in [1.29, 1.82) is 0 Å². The van der Waals surface area contributed by atoms with E-state index in [0.717, 1.165) is 33.1 Å². The number of hydrogen-bond donors (Lipinski definition) is 1. The minimum Gasteiger partial charge on any atom is -0.464 e. The molecule has 0 aliphatic carbocycles. The lowest BCUT2D eigenvalue weighted by molar-refractivity contribution is 0.100. The van der Waals surface area contributed by atoms with E-state index in [0.29, 0.717) is 22.1 Å². The summed E-state index contributed by atoms with van der Waals surface area (Å²) in [5.74, 6) is -0.0594. The lowest BCUT2D eigenvalue weighted by Gasteiger charge is -2.10. The van der Waals surface area contributed by atoms with E-state index in [4.69, 9.17) is 10.2 Å². The average molecular weight is 463 g/mol. The van der Waals surface area contributed by atoms with Crippen molar-refractivity contribution in [3.05, 3.63) is 94.4 Å². The fraction of sp³-hybridized carbons (Fsp3) is 0.0417. The van der Waals surface area contributed by atoms with Crippen LogP contribution in [0.3, 0.4) is 0 Å². The Labute approximate surface area is 179 Å². The lowest BCUT2D eigenvalue weighted by atomic mass is 10.0. The van der Waals surface area contributed by atoms with Crippen LogP contribution >= 0.6 is 15.9 Å². The largest absolute Gasteiger partial charge is 0.464 e. The van der Waals surface area contributed by atoms with Crippen molar-refractivity contribution in [2.75, 3.05) is 0 Å². The van der Waals surface area contributed by atoms with Gasteiger partial charge in [-0.2, -0.15) is 0 Å². The Hall–Kier alpha value is -3.38. The second kappa shape index (κ2) is 7.15. The minimum atomic E-state index is -0.496. The Kier molecular flexibility index (Phi) is 4.44. The maximum Gasteiger partial charge on any atom is 0.249 e. The molecule has 1 amide bonds. The van der Waals surface area contributed by atoms with Gasteiger partial charge in [-0.25, -0.2) is 4.39 Å². The monoisotopic (exact) mass is 462 g/mol. The topological polar surface area (TPSA) is 61.2 Å². The molecule has 0 saturated heterocycles. The van der Waals surface area contributed by atoms with Crippen molar-refractivity contribution in [2.24, 2.45) is 5.73 Å². The van der Waals surface area contributed by atoms with E-state index >= 15 is 0 Å². The van der Waals surface area contributed by atoms with Crippen molar-refractivity contribution in [1.82, 2.24) is 4.57 Å². The van der Waals surface area contributed by atoms with E-state index < -0.39 is 5.91 Å². The first-order valence-corrected chi connectivity index (χ1v) is 10.1. The first-order chi connectivity index (χ1) is 14.5. The van der Waals surface area contributed by atoms with Gasteiger partial charge in [0.1, 0.15) is 11.6 Å². The molecular weight excluding hydrogens is 447 g/mol. The standard InChI is InChI=1S/C24H16BrFN2O2/c25-16-8-6-15(19(26)12-16)13-28-20-4-1-3-18(24(27)29)23(20)17-9-7-14(11-21(17)28)22-5-2-10-30-22/h1-12H,13H2,(H2,27,29). The normalized spacial score (nSPS) is 11.4. The van der Waals surface area contributed by atoms with Crippen LogP contribution in [0.2, 0.25) is 0 Å². The van der Waals surface area contributed by atoms with Gasteiger partial charge in [0.05, 0.1) is 23.8 Å². The third-order valence-corrected chi connectivity index (χ3v) is 5.80. The van der Waals surface area contributed by atoms with Crippen LogP contribution in [0.25, 0.3) is 33.1 Å². The van der Waals surface area contributed by atoms with Gasteiger partial charge in [0.25, 0.3) is 0 Å². The van der Waals surface area contributed by atoms with Crippen molar-refractivity contribution in [2.45, 2.75) is 6.54 Å². The van der Waals surface area contributed by atoms with Crippen LogP contribution in [0.5, 0.6) is 0 Å². The quantitative estimate of drug-likeness (QED) is 0.350. The second-order valence-corrected chi connectivity index (χ2v) is 8.01. The molecule has 2 N–H and O–H groups in total. The summed E-state index contributed by atoms with van der Waals surface area (Å²) >= 11 is 3.30. The zero-order valence-electron chi connectivity index (χ0n) is 15.7. The first kappa shape index (κ1) is 18.6. The molecule has 0 bridgehead atoms. The molecule has 6 heteroatoms. The number of halogens is 2. The molecule has 30 heavy (non-hydrogen) atoms. The fourth-order valence-electron chi connectivity index (χ4n) is 3.94. The highest BCUT2D eigenvalue weighted by Gasteiger charge is 2.18. The van der Waals surface area contributed by atoms with Crippen LogP contribution in [0, 0.1) is 5.82 Å². The summed E-state index contributed by atoms with van der Waals surface area (Å²) in [6.07, 6.45) is 1.62. The van der Waals surface area contributed by atoms with E-state index in [1.165, 1.54) is 6.07 Å². The summed E-state index contributed by atoms with van der Waals surface area (Å²) < 4.78 is 22.9. The maximum absolute atomic E-state index is 14.6. The molecule has 2 aromatic heterocycles. The molecule has 4 nitrogen and oxygen atoms in total. The second-order valence-electron chi connectivity index (χ2n) is 7.10. The Morgan fingerprint density at radius 2 is 1.90 bits per heavy atom. The maximum atomic E-state index is 14.6. The Morgan fingerprint density at radius 1 is 1.03 bits per heavy atom. The number of aromatic nitrogens is 1. The molecule has 0 radical (unpaired) electrons. The molecular formula is C24H16BrFN2O2. The molecule has 5 aromatic rings. The van der Waals surface area contributed by atoms with Gasteiger partial charge in [0.2, 0.25) is 5.91 Å². The van der Waals surface area contributed by atoms with Crippen molar-refractivity contribution in [3.63, 3.8) is 0 Å².